The lowest BCUT2D eigenvalue weighted by Crippen LogP contribution is -2.12. The van der Waals surface area contributed by atoms with Gasteiger partial charge in [-0.2, -0.15) is 4.98 Å². The van der Waals surface area contributed by atoms with Gasteiger partial charge in [-0.3, -0.25) is 10.1 Å². The number of H-pyrrole nitrogens is 1. The maximum atomic E-state index is 12.6. The number of carbonyl (C=O) groups is 1. The van der Waals surface area contributed by atoms with Crippen LogP contribution >= 0.6 is 11.6 Å². The molecule has 0 spiro atoms. The zero-order valence-electron chi connectivity index (χ0n) is 13.6. The van der Waals surface area contributed by atoms with Gasteiger partial charge in [0.1, 0.15) is 12.0 Å². The molecule has 6 heteroatoms. The second-order valence-electron chi connectivity index (χ2n) is 5.65. The van der Waals surface area contributed by atoms with Crippen LogP contribution in [-0.4, -0.2) is 15.9 Å². The molecule has 0 aliphatic rings. The van der Waals surface area contributed by atoms with E-state index in [0.29, 0.717) is 16.3 Å². The van der Waals surface area contributed by atoms with Gasteiger partial charge in [-0.15, -0.1) is 0 Å². The van der Waals surface area contributed by atoms with Gasteiger partial charge in [0.2, 0.25) is 0 Å². The van der Waals surface area contributed by atoms with Crippen molar-refractivity contribution in [1.29, 1.82) is 0 Å². The number of rotatable bonds is 4. The number of amides is 1. The lowest BCUT2D eigenvalue weighted by molar-refractivity contribution is 0.102. The van der Waals surface area contributed by atoms with Crippen LogP contribution in [0.15, 0.2) is 77.7 Å². The number of hydrogen-bond donors (Lipinski definition) is 2. The number of benzene rings is 2. The van der Waals surface area contributed by atoms with E-state index >= 15 is 0 Å². The minimum Gasteiger partial charge on any atom is -0.431 e. The third-order valence-corrected chi connectivity index (χ3v) is 4.19. The molecule has 26 heavy (non-hydrogen) atoms. The van der Waals surface area contributed by atoms with E-state index in [-0.39, 0.29) is 11.9 Å². The summed E-state index contributed by atoms with van der Waals surface area (Å²) < 4.78 is 5.38. The lowest BCUT2D eigenvalue weighted by atomic mass is 10.0. The molecule has 0 aliphatic carbocycles. The Labute approximate surface area is 154 Å². The van der Waals surface area contributed by atoms with E-state index in [4.69, 9.17) is 16.0 Å². The lowest BCUT2D eigenvalue weighted by Gasteiger charge is -2.03. The molecule has 0 saturated carbocycles. The average molecular weight is 364 g/mol. The molecule has 0 unspecified atom stereocenters. The summed E-state index contributed by atoms with van der Waals surface area (Å²) in [5, 5.41) is 3.34. The Hall–Kier alpha value is -3.31. The van der Waals surface area contributed by atoms with Crippen molar-refractivity contribution in [3.05, 3.63) is 83.8 Å². The molecule has 4 rings (SSSR count). The van der Waals surface area contributed by atoms with Crippen molar-refractivity contribution in [3.8, 4) is 22.4 Å². The Kier molecular flexibility index (Phi) is 4.29. The van der Waals surface area contributed by atoms with E-state index in [2.05, 4.69) is 15.3 Å². The monoisotopic (exact) mass is 363 g/mol. The van der Waals surface area contributed by atoms with E-state index in [0.717, 1.165) is 16.7 Å². The molecular formula is C20H14ClN3O2. The SMILES string of the molecule is O=C(Nc1nc(-c2ccc(Cl)cc2)co1)c1c[nH]cc1-c1ccccc1. The van der Waals surface area contributed by atoms with Gasteiger partial charge in [0, 0.05) is 28.5 Å². The summed E-state index contributed by atoms with van der Waals surface area (Å²) in [6.45, 7) is 0. The highest BCUT2D eigenvalue weighted by atomic mass is 35.5. The first-order valence-corrected chi connectivity index (χ1v) is 8.33. The van der Waals surface area contributed by atoms with Crippen LogP contribution in [0.5, 0.6) is 0 Å². The molecule has 2 N–H and O–H groups in total. The number of halogens is 1. The molecular weight excluding hydrogens is 350 g/mol. The van der Waals surface area contributed by atoms with Gasteiger partial charge in [-0.1, -0.05) is 54.1 Å². The molecule has 0 bridgehead atoms. The van der Waals surface area contributed by atoms with Gasteiger partial charge in [0.15, 0.2) is 0 Å². The third-order valence-electron chi connectivity index (χ3n) is 3.94. The summed E-state index contributed by atoms with van der Waals surface area (Å²) in [7, 11) is 0. The molecule has 0 atom stereocenters. The van der Waals surface area contributed by atoms with Crippen molar-refractivity contribution >= 4 is 23.5 Å². The second-order valence-corrected chi connectivity index (χ2v) is 6.08. The molecule has 128 valence electrons. The first-order chi connectivity index (χ1) is 12.7. The number of hydrogen-bond acceptors (Lipinski definition) is 3. The van der Waals surface area contributed by atoms with Crippen molar-refractivity contribution in [2.45, 2.75) is 0 Å². The average Bonchev–Trinajstić information content (AvgIpc) is 3.32. The molecule has 0 fully saturated rings. The van der Waals surface area contributed by atoms with Crippen LogP contribution in [0.1, 0.15) is 10.4 Å². The second kappa shape index (κ2) is 6.90. The Morgan fingerprint density at radius 3 is 2.54 bits per heavy atom. The zero-order chi connectivity index (χ0) is 17.9. The predicted molar refractivity (Wildman–Crippen MR) is 101 cm³/mol. The highest BCUT2D eigenvalue weighted by Crippen LogP contribution is 2.25. The molecule has 2 heterocycles. The van der Waals surface area contributed by atoms with E-state index in [1.165, 1.54) is 6.26 Å². The highest BCUT2D eigenvalue weighted by molar-refractivity contribution is 6.30. The van der Waals surface area contributed by atoms with Crippen molar-refractivity contribution in [2.75, 3.05) is 5.32 Å². The Balaban J connectivity index is 1.55. The summed E-state index contributed by atoms with van der Waals surface area (Å²) in [6.07, 6.45) is 4.94. The number of aromatic nitrogens is 2. The standard InChI is InChI=1S/C20H14ClN3O2/c21-15-8-6-14(7-9-15)18-12-26-20(23-18)24-19(25)17-11-22-10-16(17)13-4-2-1-3-5-13/h1-12,22H,(H,23,24,25). The number of anilines is 1. The Morgan fingerprint density at radius 1 is 1.00 bits per heavy atom. The van der Waals surface area contributed by atoms with Crippen LogP contribution in [0.25, 0.3) is 22.4 Å². The first kappa shape index (κ1) is 16.2. The van der Waals surface area contributed by atoms with Crippen molar-refractivity contribution < 1.29 is 9.21 Å². The van der Waals surface area contributed by atoms with Crippen LogP contribution in [0.4, 0.5) is 6.01 Å². The van der Waals surface area contributed by atoms with Crippen LogP contribution in [-0.2, 0) is 0 Å². The van der Waals surface area contributed by atoms with E-state index < -0.39 is 0 Å². The molecule has 4 aromatic rings. The summed E-state index contributed by atoms with van der Waals surface area (Å²) in [6, 6.07) is 17.0. The maximum Gasteiger partial charge on any atom is 0.302 e. The summed E-state index contributed by atoms with van der Waals surface area (Å²) >= 11 is 5.89. The van der Waals surface area contributed by atoms with Gasteiger partial charge in [-0.25, -0.2) is 0 Å². The molecule has 2 aromatic heterocycles. The Bertz CT molecular complexity index is 1040. The fraction of sp³-hybridized carbons (Fsp3) is 0. The van der Waals surface area contributed by atoms with Crippen LogP contribution in [0, 0.1) is 0 Å². The number of nitrogens with one attached hydrogen (secondary N) is 2. The van der Waals surface area contributed by atoms with Crippen LogP contribution in [0.2, 0.25) is 5.02 Å². The summed E-state index contributed by atoms with van der Waals surface area (Å²) in [5.74, 6) is -0.297. The van der Waals surface area contributed by atoms with E-state index in [1.54, 1.807) is 24.5 Å². The smallest absolute Gasteiger partial charge is 0.302 e. The van der Waals surface area contributed by atoms with Gasteiger partial charge >= 0.3 is 6.01 Å². The first-order valence-electron chi connectivity index (χ1n) is 7.96. The van der Waals surface area contributed by atoms with Crippen LogP contribution < -0.4 is 5.32 Å². The zero-order valence-corrected chi connectivity index (χ0v) is 14.3. The number of aromatic amines is 1. The van der Waals surface area contributed by atoms with Gasteiger partial charge in [0.25, 0.3) is 5.91 Å². The molecule has 0 radical (unpaired) electrons. The Morgan fingerprint density at radius 2 is 1.77 bits per heavy atom. The number of oxazole rings is 1. The van der Waals surface area contributed by atoms with Crippen LogP contribution in [0.3, 0.4) is 0 Å². The molecule has 0 saturated heterocycles. The topological polar surface area (TPSA) is 70.9 Å². The number of nitrogens with zero attached hydrogens (tertiary/aromatic N) is 1. The van der Waals surface area contributed by atoms with Gasteiger partial charge in [-0.05, 0) is 17.7 Å². The summed E-state index contributed by atoms with van der Waals surface area (Å²) in [5.41, 5.74) is 3.75. The molecule has 1 amide bonds. The quantitative estimate of drug-likeness (QED) is 0.520. The maximum absolute atomic E-state index is 12.6. The molecule has 5 nitrogen and oxygen atoms in total. The summed E-state index contributed by atoms with van der Waals surface area (Å²) in [4.78, 5) is 19.9. The number of carbonyl (C=O) groups excluding carboxylic acids is 1. The molecule has 0 aliphatic heterocycles. The third kappa shape index (κ3) is 3.25. The molecule has 2 aromatic carbocycles. The van der Waals surface area contributed by atoms with Gasteiger partial charge in [0.05, 0.1) is 5.56 Å². The predicted octanol–water partition coefficient (Wildman–Crippen LogP) is 5.24. The fourth-order valence-electron chi connectivity index (χ4n) is 2.66. The fourth-order valence-corrected chi connectivity index (χ4v) is 2.78. The largest absolute Gasteiger partial charge is 0.431 e. The minimum atomic E-state index is -0.297. The normalized spacial score (nSPS) is 10.7. The van der Waals surface area contributed by atoms with E-state index in [9.17, 15) is 4.79 Å². The highest BCUT2D eigenvalue weighted by Gasteiger charge is 2.16. The van der Waals surface area contributed by atoms with Crippen molar-refractivity contribution in [1.82, 2.24) is 9.97 Å². The van der Waals surface area contributed by atoms with Crippen molar-refractivity contribution in [3.63, 3.8) is 0 Å². The van der Waals surface area contributed by atoms with E-state index in [1.807, 2.05) is 42.5 Å². The van der Waals surface area contributed by atoms with Gasteiger partial charge < -0.3 is 9.40 Å². The van der Waals surface area contributed by atoms with Crippen molar-refractivity contribution in [2.24, 2.45) is 0 Å². The minimum absolute atomic E-state index is 0.139.